The van der Waals surface area contributed by atoms with Crippen LogP contribution < -0.4 is 19.9 Å². The van der Waals surface area contributed by atoms with E-state index >= 15 is 0 Å². The molecule has 0 amide bonds. The third-order valence-corrected chi connectivity index (χ3v) is 5.43. The Hall–Kier alpha value is -4.48. The van der Waals surface area contributed by atoms with Crippen LogP contribution >= 0.6 is 0 Å². The number of ether oxygens (including phenoxy) is 3. The summed E-state index contributed by atoms with van der Waals surface area (Å²) in [6, 6.07) is 15.5. The Morgan fingerprint density at radius 2 is 1.85 bits per heavy atom. The first-order valence-electron chi connectivity index (χ1n) is 12.1. The van der Waals surface area contributed by atoms with Gasteiger partial charge in [0, 0.05) is 17.8 Å². The Balaban J connectivity index is 1.70. The Labute approximate surface area is 222 Å². The van der Waals surface area contributed by atoms with Gasteiger partial charge in [-0.25, -0.2) is 14.6 Å². The van der Waals surface area contributed by atoms with E-state index in [0.29, 0.717) is 16.4 Å². The fraction of sp³-hybridized carbons (Fsp3) is 0.296. The molecule has 1 aliphatic heterocycles. The number of nitrogens with one attached hydrogen (secondary N) is 1. The Morgan fingerprint density at radius 3 is 2.51 bits per heavy atom. The number of hydrogen-bond acceptors (Lipinski definition) is 9. The SMILES string of the molecule is CCOC(=O)c1cnc2c(c1)N(OC(=O)C(F)(F)F)C(c1ccc(OCc3ccccc3)cc1OC(C)C)N2. The molecule has 1 aromatic heterocycles. The fourth-order valence-corrected chi connectivity index (χ4v) is 3.76. The van der Waals surface area contributed by atoms with Gasteiger partial charge < -0.3 is 24.4 Å². The minimum absolute atomic E-state index is 0.0329. The molecule has 1 aliphatic rings. The summed E-state index contributed by atoms with van der Waals surface area (Å²) in [5, 5.41) is 3.66. The van der Waals surface area contributed by atoms with Gasteiger partial charge in [-0.15, -0.1) is 0 Å². The number of nitrogens with zero attached hydrogens (tertiary/aromatic N) is 2. The van der Waals surface area contributed by atoms with Crippen molar-refractivity contribution in [3.05, 3.63) is 77.5 Å². The number of anilines is 2. The Bertz CT molecular complexity index is 1330. The van der Waals surface area contributed by atoms with Crippen LogP contribution in [0, 0.1) is 0 Å². The molecule has 0 aliphatic carbocycles. The summed E-state index contributed by atoms with van der Waals surface area (Å²) in [5.74, 6) is -2.36. The van der Waals surface area contributed by atoms with E-state index in [4.69, 9.17) is 19.0 Å². The highest BCUT2D eigenvalue weighted by Crippen LogP contribution is 2.44. The minimum atomic E-state index is -5.27. The van der Waals surface area contributed by atoms with Crippen molar-refractivity contribution in [2.45, 2.75) is 45.8 Å². The van der Waals surface area contributed by atoms with Crippen molar-refractivity contribution >= 4 is 23.4 Å². The van der Waals surface area contributed by atoms with E-state index in [2.05, 4.69) is 10.3 Å². The van der Waals surface area contributed by atoms with E-state index in [1.165, 1.54) is 12.3 Å². The van der Waals surface area contributed by atoms with Crippen LogP contribution in [0.5, 0.6) is 11.5 Å². The quantitative estimate of drug-likeness (QED) is 0.346. The number of benzene rings is 2. The Morgan fingerprint density at radius 1 is 1.10 bits per heavy atom. The van der Waals surface area contributed by atoms with Crippen LogP contribution in [0.3, 0.4) is 0 Å². The molecule has 3 aromatic rings. The van der Waals surface area contributed by atoms with Crippen molar-refractivity contribution in [1.82, 2.24) is 4.98 Å². The molecule has 1 atom stereocenters. The number of hydrogen-bond donors (Lipinski definition) is 1. The summed E-state index contributed by atoms with van der Waals surface area (Å²) in [5.41, 5.74) is 1.17. The van der Waals surface area contributed by atoms with Crippen LogP contribution in [0.4, 0.5) is 24.7 Å². The Kier molecular flexibility index (Phi) is 8.12. The maximum absolute atomic E-state index is 13.2. The number of esters is 1. The molecular formula is C27H26F3N3O6. The van der Waals surface area contributed by atoms with Crippen molar-refractivity contribution in [3.63, 3.8) is 0 Å². The molecule has 4 rings (SSSR count). The number of rotatable bonds is 9. The first-order chi connectivity index (χ1) is 18.6. The van der Waals surface area contributed by atoms with Crippen molar-refractivity contribution in [1.29, 1.82) is 0 Å². The molecule has 0 saturated heterocycles. The first kappa shape index (κ1) is 27.6. The van der Waals surface area contributed by atoms with Crippen LogP contribution in [-0.4, -0.2) is 35.8 Å². The molecule has 39 heavy (non-hydrogen) atoms. The standard InChI is InChI=1S/C27H26F3N3O6/c1-4-36-25(34)18-12-21-23(31-14-18)32-24(33(21)39-26(35)27(28,29)30)20-11-10-19(13-22(20)38-16(2)3)37-15-17-8-6-5-7-9-17/h5-14,16,24H,4,15H2,1-3H3,(H,31,32). The topological polar surface area (TPSA) is 99.2 Å². The lowest BCUT2D eigenvalue weighted by Crippen LogP contribution is -2.37. The van der Waals surface area contributed by atoms with Crippen molar-refractivity contribution in [3.8, 4) is 11.5 Å². The smallest absolute Gasteiger partial charge is 0.490 e. The average molecular weight is 546 g/mol. The number of aromatic nitrogens is 1. The number of hydroxylamine groups is 1. The second kappa shape index (κ2) is 11.5. The second-order valence-electron chi connectivity index (χ2n) is 8.70. The van der Waals surface area contributed by atoms with Crippen LogP contribution in [0.2, 0.25) is 0 Å². The molecule has 12 heteroatoms. The van der Waals surface area contributed by atoms with Gasteiger partial charge in [0.15, 0.2) is 12.0 Å². The minimum Gasteiger partial charge on any atom is -0.490 e. The zero-order valence-corrected chi connectivity index (χ0v) is 21.3. The van der Waals surface area contributed by atoms with E-state index in [-0.39, 0.29) is 42.1 Å². The largest absolute Gasteiger partial charge is 0.493 e. The summed E-state index contributed by atoms with van der Waals surface area (Å²) in [4.78, 5) is 33.0. The van der Waals surface area contributed by atoms with Gasteiger partial charge in [0.25, 0.3) is 0 Å². The van der Waals surface area contributed by atoms with Gasteiger partial charge in [-0.2, -0.15) is 18.2 Å². The summed E-state index contributed by atoms with van der Waals surface area (Å²) in [6.45, 7) is 5.54. The number of halogens is 3. The lowest BCUT2D eigenvalue weighted by Gasteiger charge is -2.27. The van der Waals surface area contributed by atoms with Gasteiger partial charge in [-0.05, 0) is 44.5 Å². The predicted molar refractivity (Wildman–Crippen MR) is 134 cm³/mol. The summed E-state index contributed by atoms with van der Waals surface area (Å²) >= 11 is 0. The van der Waals surface area contributed by atoms with Crippen LogP contribution in [0.1, 0.15) is 48.4 Å². The maximum Gasteiger partial charge on any atom is 0.493 e. The predicted octanol–water partition coefficient (Wildman–Crippen LogP) is 5.58. The number of fused-ring (bicyclic) bond motifs is 1. The number of pyridine rings is 1. The zero-order chi connectivity index (χ0) is 28.2. The molecule has 2 heterocycles. The fourth-order valence-electron chi connectivity index (χ4n) is 3.76. The third-order valence-electron chi connectivity index (χ3n) is 5.43. The molecule has 0 radical (unpaired) electrons. The van der Waals surface area contributed by atoms with Gasteiger partial charge >= 0.3 is 18.1 Å². The molecular weight excluding hydrogens is 519 g/mol. The van der Waals surface area contributed by atoms with Crippen molar-refractivity contribution in [2.75, 3.05) is 17.0 Å². The van der Waals surface area contributed by atoms with E-state index in [9.17, 15) is 22.8 Å². The van der Waals surface area contributed by atoms with Crippen LogP contribution in [0.15, 0.2) is 60.8 Å². The highest BCUT2D eigenvalue weighted by atomic mass is 19.4. The van der Waals surface area contributed by atoms with Gasteiger partial charge in [-0.3, -0.25) is 0 Å². The summed E-state index contributed by atoms with van der Waals surface area (Å²) in [6.07, 6.45) is -5.54. The monoisotopic (exact) mass is 545 g/mol. The molecule has 9 nitrogen and oxygen atoms in total. The van der Waals surface area contributed by atoms with Gasteiger partial charge in [0.2, 0.25) is 0 Å². The number of carbonyl (C=O) groups excluding carboxylic acids is 2. The lowest BCUT2D eigenvalue weighted by molar-refractivity contribution is -0.201. The number of carbonyl (C=O) groups is 2. The van der Waals surface area contributed by atoms with Crippen LogP contribution in [-0.2, 0) is 21.0 Å². The van der Waals surface area contributed by atoms with Crippen molar-refractivity contribution < 1.29 is 41.8 Å². The normalized spacial score (nSPS) is 14.4. The lowest BCUT2D eigenvalue weighted by atomic mass is 10.1. The molecule has 0 fully saturated rings. The summed E-state index contributed by atoms with van der Waals surface area (Å²) in [7, 11) is 0. The van der Waals surface area contributed by atoms with Crippen molar-refractivity contribution in [2.24, 2.45) is 0 Å². The highest BCUT2D eigenvalue weighted by Gasteiger charge is 2.46. The molecule has 1 N–H and O–H groups in total. The highest BCUT2D eigenvalue weighted by molar-refractivity contribution is 5.92. The van der Waals surface area contributed by atoms with Crippen LogP contribution in [0.25, 0.3) is 0 Å². The maximum atomic E-state index is 13.2. The number of alkyl halides is 3. The summed E-state index contributed by atoms with van der Waals surface area (Å²) < 4.78 is 56.4. The average Bonchev–Trinajstić information content (AvgIpc) is 3.24. The first-order valence-corrected chi connectivity index (χ1v) is 12.1. The van der Waals surface area contributed by atoms with E-state index < -0.39 is 24.3 Å². The second-order valence-corrected chi connectivity index (χ2v) is 8.70. The van der Waals surface area contributed by atoms with E-state index in [0.717, 1.165) is 5.56 Å². The molecule has 206 valence electrons. The van der Waals surface area contributed by atoms with Gasteiger partial charge in [0.1, 0.15) is 23.8 Å². The van der Waals surface area contributed by atoms with E-state index in [1.807, 2.05) is 30.3 Å². The van der Waals surface area contributed by atoms with E-state index in [1.54, 1.807) is 39.0 Å². The molecule has 0 saturated carbocycles. The third kappa shape index (κ3) is 6.51. The molecule has 0 spiro atoms. The van der Waals surface area contributed by atoms with Gasteiger partial charge in [-0.1, -0.05) is 30.3 Å². The van der Waals surface area contributed by atoms with Gasteiger partial charge in [0.05, 0.1) is 18.3 Å². The zero-order valence-electron chi connectivity index (χ0n) is 21.3. The molecule has 1 unspecified atom stereocenters. The molecule has 0 bridgehead atoms. The molecule has 2 aromatic carbocycles.